The number of carbonyl (C=O) groups excluding carboxylic acids is 2. The quantitative estimate of drug-likeness (QED) is 0.481. The van der Waals surface area contributed by atoms with E-state index in [9.17, 15) is 18.8 Å². The first-order chi connectivity index (χ1) is 13.3. The molecule has 0 aromatic heterocycles. The Morgan fingerprint density at radius 3 is 2.29 bits per heavy atom. The highest BCUT2D eigenvalue weighted by Gasteiger charge is 2.18. The fourth-order valence-electron chi connectivity index (χ4n) is 2.60. The summed E-state index contributed by atoms with van der Waals surface area (Å²) >= 11 is 0. The molecule has 0 aliphatic heterocycles. The minimum atomic E-state index is -1.06. The molecule has 0 spiro atoms. The zero-order valence-electron chi connectivity index (χ0n) is 15.5. The molecule has 1 amide bonds. The molecule has 28 heavy (non-hydrogen) atoms. The molecule has 0 aliphatic carbocycles. The van der Waals surface area contributed by atoms with Crippen LogP contribution in [0, 0.1) is 5.82 Å². The third-order valence-electron chi connectivity index (χ3n) is 4.06. The van der Waals surface area contributed by atoms with Crippen molar-refractivity contribution in [2.24, 2.45) is 0 Å². The fourth-order valence-corrected chi connectivity index (χ4v) is 2.60. The van der Waals surface area contributed by atoms with Crippen molar-refractivity contribution in [3.8, 4) is 5.75 Å². The van der Waals surface area contributed by atoms with E-state index in [-0.39, 0.29) is 24.5 Å². The molecule has 1 atom stereocenters. The highest BCUT2D eigenvalue weighted by atomic mass is 19.1. The number of amides is 1. The van der Waals surface area contributed by atoms with Crippen LogP contribution in [0.5, 0.6) is 5.75 Å². The Balaban J connectivity index is 1.81. The molecular weight excluding hydrogens is 365 g/mol. The van der Waals surface area contributed by atoms with E-state index in [1.165, 1.54) is 31.2 Å². The summed E-state index contributed by atoms with van der Waals surface area (Å²) in [5, 5.41) is 11.7. The minimum absolute atomic E-state index is 0.0275. The van der Waals surface area contributed by atoms with Crippen molar-refractivity contribution in [2.45, 2.75) is 32.2 Å². The summed E-state index contributed by atoms with van der Waals surface area (Å²) in [6.07, 6.45) is 0.294. The second-order valence-corrected chi connectivity index (χ2v) is 6.30. The van der Waals surface area contributed by atoms with Gasteiger partial charge in [0.1, 0.15) is 11.6 Å². The predicted octanol–water partition coefficient (Wildman–Crippen LogP) is 3.52. The second kappa shape index (κ2) is 10.2. The Bertz CT molecular complexity index is 818. The van der Waals surface area contributed by atoms with Crippen molar-refractivity contribution in [2.75, 3.05) is 6.61 Å². The SMILES string of the molecule is CC(=O)c1ccc(OCCCC(=O)NC(CC(=O)O)c2ccc(F)cc2)cc1. The third kappa shape index (κ3) is 6.83. The topological polar surface area (TPSA) is 92.7 Å². The van der Waals surface area contributed by atoms with Gasteiger partial charge in [0.25, 0.3) is 0 Å². The molecule has 0 fully saturated rings. The highest BCUT2D eigenvalue weighted by molar-refractivity contribution is 5.94. The predicted molar refractivity (Wildman–Crippen MR) is 101 cm³/mol. The van der Waals surface area contributed by atoms with Crippen molar-refractivity contribution in [1.29, 1.82) is 0 Å². The van der Waals surface area contributed by atoms with Gasteiger partial charge in [0.15, 0.2) is 5.78 Å². The van der Waals surface area contributed by atoms with Crippen LogP contribution in [0.1, 0.15) is 48.1 Å². The molecule has 0 heterocycles. The number of ether oxygens (including phenoxy) is 1. The first-order valence-corrected chi connectivity index (χ1v) is 8.85. The number of hydrogen-bond donors (Lipinski definition) is 2. The molecule has 0 aliphatic rings. The summed E-state index contributed by atoms with van der Waals surface area (Å²) in [7, 11) is 0. The van der Waals surface area contributed by atoms with E-state index < -0.39 is 17.8 Å². The van der Waals surface area contributed by atoms with E-state index >= 15 is 0 Å². The number of ketones is 1. The molecule has 2 aromatic rings. The number of carboxylic acid groups (broad SMARTS) is 1. The number of benzene rings is 2. The van der Waals surface area contributed by atoms with Crippen LogP contribution in [0.2, 0.25) is 0 Å². The van der Waals surface area contributed by atoms with Crippen molar-refractivity contribution in [3.63, 3.8) is 0 Å². The Kier molecular flexibility index (Phi) is 7.68. The summed E-state index contributed by atoms with van der Waals surface area (Å²) in [5.74, 6) is -1.24. The molecule has 0 bridgehead atoms. The van der Waals surface area contributed by atoms with E-state index in [0.717, 1.165) is 0 Å². The lowest BCUT2D eigenvalue weighted by atomic mass is 10.0. The third-order valence-corrected chi connectivity index (χ3v) is 4.06. The smallest absolute Gasteiger partial charge is 0.305 e. The van der Waals surface area contributed by atoms with Gasteiger partial charge in [-0.05, 0) is 55.3 Å². The average molecular weight is 387 g/mol. The lowest BCUT2D eigenvalue weighted by molar-refractivity contribution is -0.137. The lowest BCUT2D eigenvalue weighted by Crippen LogP contribution is -2.30. The highest BCUT2D eigenvalue weighted by Crippen LogP contribution is 2.18. The summed E-state index contributed by atoms with van der Waals surface area (Å²) in [6.45, 7) is 1.78. The number of carboxylic acids is 1. The first kappa shape index (κ1) is 21.1. The first-order valence-electron chi connectivity index (χ1n) is 8.85. The van der Waals surface area contributed by atoms with Crippen LogP contribution in [0.15, 0.2) is 48.5 Å². The van der Waals surface area contributed by atoms with Crippen LogP contribution < -0.4 is 10.1 Å². The van der Waals surface area contributed by atoms with Crippen LogP contribution in [-0.4, -0.2) is 29.4 Å². The van der Waals surface area contributed by atoms with Crippen LogP contribution in [0.3, 0.4) is 0 Å². The minimum Gasteiger partial charge on any atom is -0.494 e. The summed E-state index contributed by atoms with van der Waals surface area (Å²) < 4.78 is 18.6. The number of halogens is 1. The standard InChI is InChI=1S/C21H22FNO5/c1-14(24)15-6-10-18(11-7-15)28-12-2-3-20(25)23-19(13-21(26)27)16-4-8-17(22)9-5-16/h4-11,19H,2-3,12-13H2,1H3,(H,23,25)(H,26,27). The monoisotopic (exact) mass is 387 g/mol. The number of hydrogen-bond acceptors (Lipinski definition) is 4. The van der Waals surface area contributed by atoms with Gasteiger partial charge in [-0.1, -0.05) is 12.1 Å². The molecule has 148 valence electrons. The van der Waals surface area contributed by atoms with E-state index in [1.807, 2.05) is 0 Å². The van der Waals surface area contributed by atoms with Gasteiger partial charge < -0.3 is 15.2 Å². The van der Waals surface area contributed by atoms with E-state index in [4.69, 9.17) is 9.84 Å². The van der Waals surface area contributed by atoms with Crippen LogP contribution >= 0.6 is 0 Å². The van der Waals surface area contributed by atoms with Crippen LogP contribution in [0.25, 0.3) is 0 Å². The summed E-state index contributed by atoms with van der Waals surface area (Å²) in [6, 6.07) is 11.3. The average Bonchev–Trinajstić information content (AvgIpc) is 2.65. The van der Waals surface area contributed by atoms with Gasteiger partial charge in [0.05, 0.1) is 19.1 Å². The molecule has 2 N–H and O–H groups in total. The van der Waals surface area contributed by atoms with Gasteiger partial charge in [-0.15, -0.1) is 0 Å². The molecule has 6 nitrogen and oxygen atoms in total. The van der Waals surface area contributed by atoms with Crippen molar-refractivity contribution >= 4 is 17.7 Å². The number of Topliss-reactive ketones (excluding diaryl/α,β-unsaturated/α-hetero) is 1. The van der Waals surface area contributed by atoms with E-state index in [0.29, 0.717) is 29.9 Å². The molecule has 7 heteroatoms. The molecule has 0 saturated carbocycles. The molecule has 0 saturated heterocycles. The van der Waals surface area contributed by atoms with Gasteiger partial charge in [-0.25, -0.2) is 4.39 Å². The number of carbonyl (C=O) groups is 3. The maximum Gasteiger partial charge on any atom is 0.305 e. The number of rotatable bonds is 10. The Hall–Kier alpha value is -3.22. The largest absolute Gasteiger partial charge is 0.494 e. The van der Waals surface area contributed by atoms with E-state index in [2.05, 4.69) is 5.32 Å². The van der Waals surface area contributed by atoms with Gasteiger partial charge in [0.2, 0.25) is 5.91 Å². The summed E-state index contributed by atoms with van der Waals surface area (Å²) in [5.41, 5.74) is 1.12. The van der Waals surface area contributed by atoms with Crippen molar-refractivity contribution in [3.05, 3.63) is 65.5 Å². The van der Waals surface area contributed by atoms with Crippen molar-refractivity contribution in [1.82, 2.24) is 5.32 Å². The van der Waals surface area contributed by atoms with Gasteiger partial charge >= 0.3 is 5.97 Å². The maximum atomic E-state index is 13.0. The van der Waals surface area contributed by atoms with Gasteiger partial charge in [-0.2, -0.15) is 0 Å². The zero-order chi connectivity index (χ0) is 20.5. The molecule has 1 unspecified atom stereocenters. The van der Waals surface area contributed by atoms with E-state index in [1.54, 1.807) is 24.3 Å². The molecule has 0 radical (unpaired) electrons. The van der Waals surface area contributed by atoms with Crippen LogP contribution in [-0.2, 0) is 9.59 Å². The molecular formula is C21H22FNO5. The van der Waals surface area contributed by atoms with Crippen molar-refractivity contribution < 1.29 is 28.6 Å². The fraction of sp³-hybridized carbons (Fsp3) is 0.286. The molecule has 2 aromatic carbocycles. The lowest BCUT2D eigenvalue weighted by Gasteiger charge is -2.17. The second-order valence-electron chi connectivity index (χ2n) is 6.30. The zero-order valence-corrected chi connectivity index (χ0v) is 15.5. The summed E-state index contributed by atoms with van der Waals surface area (Å²) in [4.78, 5) is 34.4. The van der Waals surface area contributed by atoms with Gasteiger partial charge in [-0.3, -0.25) is 14.4 Å². The Morgan fingerprint density at radius 1 is 1.07 bits per heavy atom. The van der Waals surface area contributed by atoms with Gasteiger partial charge in [0, 0.05) is 12.0 Å². The Labute approximate surface area is 162 Å². The number of nitrogens with one attached hydrogen (secondary N) is 1. The molecule has 2 rings (SSSR count). The number of aliphatic carboxylic acids is 1. The van der Waals surface area contributed by atoms with Crippen LogP contribution in [0.4, 0.5) is 4.39 Å². The Morgan fingerprint density at radius 2 is 1.71 bits per heavy atom. The normalized spacial score (nSPS) is 11.5. The maximum absolute atomic E-state index is 13.0.